The number of aromatic nitrogens is 2. The molecule has 3 aromatic carbocycles. The Bertz CT molecular complexity index is 1400. The van der Waals surface area contributed by atoms with Gasteiger partial charge < -0.3 is 4.74 Å². The maximum atomic E-state index is 13.9. The molecule has 0 radical (unpaired) electrons. The summed E-state index contributed by atoms with van der Waals surface area (Å²) in [6.07, 6.45) is 1.55. The fourth-order valence-corrected chi connectivity index (χ4v) is 4.81. The molecule has 0 spiro atoms. The summed E-state index contributed by atoms with van der Waals surface area (Å²) in [7, 11) is 1.69. The molecule has 4 aromatic rings. The third kappa shape index (κ3) is 4.77. The highest BCUT2D eigenvalue weighted by atomic mass is 16.5. The first kappa shape index (κ1) is 23.8. The van der Waals surface area contributed by atoms with Crippen LogP contribution in [0.5, 0.6) is 5.75 Å². The van der Waals surface area contributed by atoms with E-state index in [1.54, 1.807) is 7.11 Å². The van der Waals surface area contributed by atoms with Gasteiger partial charge in [0.1, 0.15) is 5.75 Å². The molecule has 0 unspecified atom stereocenters. The van der Waals surface area contributed by atoms with Crippen LogP contribution in [0, 0.1) is 6.92 Å². The summed E-state index contributed by atoms with van der Waals surface area (Å²) >= 11 is 0. The minimum absolute atomic E-state index is 0.0151. The van der Waals surface area contributed by atoms with Gasteiger partial charge in [-0.15, -0.1) is 0 Å². The quantitative estimate of drug-likeness (QED) is 0.360. The smallest absolute Gasteiger partial charge is 0.259 e. The molecule has 184 valence electrons. The highest BCUT2D eigenvalue weighted by Gasteiger charge is 2.28. The molecule has 0 fully saturated rings. The topological polar surface area (TPSA) is 50.6 Å². The minimum atomic E-state index is 0.0151. The Morgan fingerprint density at radius 1 is 0.889 bits per heavy atom. The van der Waals surface area contributed by atoms with E-state index >= 15 is 0 Å². The predicted molar refractivity (Wildman–Crippen MR) is 144 cm³/mol. The first-order valence-electron chi connectivity index (χ1n) is 12.4. The summed E-state index contributed by atoms with van der Waals surface area (Å²) in [5.41, 5.74) is 6.03. The molecule has 0 N–H and O–H groups in total. The lowest BCUT2D eigenvalue weighted by molar-refractivity contribution is 0.187. The molecule has 6 nitrogen and oxygen atoms in total. The molecule has 0 bridgehead atoms. The summed E-state index contributed by atoms with van der Waals surface area (Å²) in [6, 6.07) is 26.7. The predicted octanol–water partition coefficient (Wildman–Crippen LogP) is 5.28. The van der Waals surface area contributed by atoms with Crippen LogP contribution in [0.4, 0.5) is 11.6 Å². The molecule has 1 aromatic heterocycles. The van der Waals surface area contributed by atoms with E-state index in [4.69, 9.17) is 9.72 Å². The van der Waals surface area contributed by atoms with Crippen LogP contribution in [0.15, 0.2) is 83.7 Å². The average molecular weight is 481 g/mol. The van der Waals surface area contributed by atoms with Crippen molar-refractivity contribution in [3.8, 4) is 5.75 Å². The van der Waals surface area contributed by atoms with Gasteiger partial charge in [-0.3, -0.25) is 19.2 Å². The SMILES string of the molecule is CCc1ccc(N2CN(Cc3ccccc3OC)Cn3c2nc(C)c(Cc2ccccc2)c3=O)cc1. The fraction of sp³-hybridized carbons (Fsp3) is 0.267. The van der Waals surface area contributed by atoms with Gasteiger partial charge in [-0.25, -0.2) is 4.98 Å². The number of methoxy groups -OCH3 is 1. The number of fused-ring (bicyclic) bond motifs is 1. The lowest BCUT2D eigenvalue weighted by Gasteiger charge is -2.38. The molecule has 0 saturated carbocycles. The van der Waals surface area contributed by atoms with Crippen molar-refractivity contribution in [2.24, 2.45) is 0 Å². The number of aryl methyl sites for hydroxylation is 2. The Morgan fingerprint density at radius 3 is 2.33 bits per heavy atom. The van der Waals surface area contributed by atoms with Crippen LogP contribution >= 0.6 is 0 Å². The second-order valence-corrected chi connectivity index (χ2v) is 9.24. The Labute approximate surface area is 212 Å². The number of benzene rings is 3. The standard InChI is InChI=1S/C30H32N4O2/c1-4-23-14-16-26(17-15-23)33-20-32(19-25-12-8-9-13-28(25)36-3)21-34-29(35)27(22(2)31-30(33)34)18-24-10-6-5-7-11-24/h5-17H,4,18-21H2,1-3H3. The zero-order chi connectivity index (χ0) is 25.1. The number of hydrogen-bond acceptors (Lipinski definition) is 5. The number of hydrogen-bond donors (Lipinski definition) is 0. The van der Waals surface area contributed by atoms with E-state index in [2.05, 4.69) is 59.2 Å². The summed E-state index contributed by atoms with van der Waals surface area (Å²) in [5.74, 6) is 1.54. The molecule has 5 rings (SSSR count). The van der Waals surface area contributed by atoms with Crippen LogP contribution in [0.3, 0.4) is 0 Å². The van der Waals surface area contributed by atoms with Gasteiger partial charge in [-0.1, -0.05) is 67.6 Å². The molecule has 0 aliphatic carbocycles. The number of rotatable bonds is 7. The fourth-order valence-electron chi connectivity index (χ4n) is 4.81. The Morgan fingerprint density at radius 2 is 1.61 bits per heavy atom. The number of ether oxygens (including phenoxy) is 1. The summed E-state index contributed by atoms with van der Waals surface area (Å²) in [5, 5.41) is 0. The van der Waals surface area contributed by atoms with Gasteiger partial charge >= 0.3 is 0 Å². The van der Waals surface area contributed by atoms with Gasteiger partial charge in [0, 0.05) is 29.8 Å². The maximum absolute atomic E-state index is 13.9. The highest BCUT2D eigenvalue weighted by molar-refractivity contribution is 5.59. The second-order valence-electron chi connectivity index (χ2n) is 9.24. The van der Waals surface area contributed by atoms with Crippen LogP contribution < -0.4 is 15.2 Å². The molecule has 1 aliphatic rings. The minimum Gasteiger partial charge on any atom is -0.496 e. The van der Waals surface area contributed by atoms with E-state index in [1.165, 1.54) is 5.56 Å². The Balaban J connectivity index is 1.57. The van der Waals surface area contributed by atoms with Crippen molar-refractivity contribution in [1.29, 1.82) is 0 Å². The van der Waals surface area contributed by atoms with Gasteiger partial charge in [0.15, 0.2) is 0 Å². The van der Waals surface area contributed by atoms with Crippen molar-refractivity contribution in [1.82, 2.24) is 14.5 Å². The molecule has 6 heteroatoms. The van der Waals surface area contributed by atoms with Gasteiger partial charge in [0.2, 0.25) is 5.95 Å². The van der Waals surface area contributed by atoms with Crippen molar-refractivity contribution >= 4 is 11.6 Å². The summed E-state index contributed by atoms with van der Waals surface area (Å²) < 4.78 is 7.41. The van der Waals surface area contributed by atoms with Gasteiger partial charge in [-0.2, -0.15) is 0 Å². The maximum Gasteiger partial charge on any atom is 0.259 e. The van der Waals surface area contributed by atoms with Crippen molar-refractivity contribution in [3.63, 3.8) is 0 Å². The number of anilines is 2. The first-order chi connectivity index (χ1) is 17.6. The van der Waals surface area contributed by atoms with E-state index in [0.29, 0.717) is 32.3 Å². The van der Waals surface area contributed by atoms with Crippen LogP contribution in [-0.2, 0) is 26.1 Å². The third-order valence-corrected chi connectivity index (χ3v) is 6.84. The molecule has 0 atom stereocenters. The molecular weight excluding hydrogens is 448 g/mol. The third-order valence-electron chi connectivity index (χ3n) is 6.84. The normalized spacial score (nSPS) is 13.5. The van der Waals surface area contributed by atoms with Crippen molar-refractivity contribution in [2.75, 3.05) is 18.7 Å². The molecule has 1 aliphatic heterocycles. The lowest BCUT2D eigenvalue weighted by Crippen LogP contribution is -2.47. The van der Waals surface area contributed by atoms with Gasteiger partial charge in [0.05, 0.1) is 26.1 Å². The first-order valence-corrected chi connectivity index (χ1v) is 12.4. The van der Waals surface area contributed by atoms with E-state index in [1.807, 2.05) is 47.9 Å². The highest BCUT2D eigenvalue weighted by Crippen LogP contribution is 2.30. The Hall–Kier alpha value is -3.90. The molecule has 0 saturated heterocycles. The van der Waals surface area contributed by atoms with Gasteiger partial charge in [0.25, 0.3) is 5.56 Å². The van der Waals surface area contributed by atoms with Crippen LogP contribution in [0.1, 0.15) is 34.9 Å². The van der Waals surface area contributed by atoms with Crippen LogP contribution in [0.2, 0.25) is 0 Å². The van der Waals surface area contributed by atoms with Crippen LogP contribution in [-0.4, -0.2) is 28.2 Å². The van der Waals surface area contributed by atoms with E-state index < -0.39 is 0 Å². The van der Waals surface area contributed by atoms with Crippen molar-refractivity contribution in [3.05, 3.63) is 117 Å². The second kappa shape index (κ2) is 10.4. The molecule has 2 heterocycles. The van der Waals surface area contributed by atoms with Crippen molar-refractivity contribution < 1.29 is 4.74 Å². The van der Waals surface area contributed by atoms with Gasteiger partial charge in [-0.05, 0) is 42.7 Å². The van der Waals surface area contributed by atoms with E-state index in [9.17, 15) is 4.79 Å². The number of nitrogens with zero attached hydrogens (tertiary/aromatic N) is 4. The lowest BCUT2D eigenvalue weighted by atomic mass is 10.1. The van der Waals surface area contributed by atoms with Crippen LogP contribution in [0.25, 0.3) is 0 Å². The zero-order valence-electron chi connectivity index (χ0n) is 21.1. The summed E-state index contributed by atoms with van der Waals surface area (Å²) in [6.45, 7) is 5.83. The molecule has 36 heavy (non-hydrogen) atoms. The van der Waals surface area contributed by atoms with E-state index in [0.717, 1.165) is 40.2 Å². The monoisotopic (exact) mass is 480 g/mol. The summed E-state index contributed by atoms with van der Waals surface area (Å²) in [4.78, 5) is 23.3. The van der Waals surface area contributed by atoms with E-state index in [-0.39, 0.29) is 5.56 Å². The number of para-hydroxylation sites is 1. The van der Waals surface area contributed by atoms with Crippen molar-refractivity contribution in [2.45, 2.75) is 39.9 Å². The average Bonchev–Trinajstić information content (AvgIpc) is 2.92. The molecular formula is C30H32N4O2. The molecule has 0 amide bonds. The largest absolute Gasteiger partial charge is 0.496 e. The Kier molecular flexibility index (Phi) is 6.87. The zero-order valence-corrected chi connectivity index (χ0v) is 21.1.